The van der Waals surface area contributed by atoms with Crippen molar-refractivity contribution >= 4 is 30.0 Å². The number of halogens is 2. The fraction of sp³-hybridized carbons (Fsp3) is 0.600. The molecule has 2 aliphatic rings. The average Bonchev–Trinajstić information content (AvgIpc) is 2.51. The lowest BCUT2D eigenvalue weighted by molar-refractivity contribution is 0.477. The minimum absolute atomic E-state index is 0. The molecule has 2 saturated heterocycles. The van der Waals surface area contributed by atoms with Crippen molar-refractivity contribution < 1.29 is 0 Å². The number of hydrogen-bond acceptors (Lipinski definition) is 4. The molecule has 0 amide bonds. The van der Waals surface area contributed by atoms with E-state index in [2.05, 4.69) is 20.2 Å². The van der Waals surface area contributed by atoms with Crippen LogP contribution >= 0.6 is 24.0 Å². The molecule has 0 aromatic carbocycles. The van der Waals surface area contributed by atoms with E-state index in [0.29, 0.717) is 17.1 Å². The van der Waals surface area contributed by atoms with Crippen LogP contribution in [-0.2, 0) is 0 Å². The lowest BCUT2D eigenvalue weighted by atomic mass is 10.2. The van der Waals surface area contributed by atoms with E-state index in [0.717, 1.165) is 19.0 Å². The Morgan fingerprint density at radius 2 is 1.75 bits per heavy atom. The molecule has 1 aromatic rings. The van der Waals surface area contributed by atoms with Crippen LogP contribution in [0, 0.1) is 0 Å². The Hall–Kier alpha value is -0.580. The van der Waals surface area contributed by atoms with Gasteiger partial charge in [0.25, 0.3) is 0 Å². The maximum absolute atomic E-state index is 5.78. The van der Waals surface area contributed by atoms with E-state index in [-0.39, 0.29) is 12.4 Å². The monoisotopic (exact) mass is 260 g/mol. The molecule has 3 rings (SSSR count). The quantitative estimate of drug-likeness (QED) is 0.831. The maximum atomic E-state index is 5.78. The highest BCUT2D eigenvalue weighted by atomic mass is 35.5. The number of rotatable bonds is 1. The summed E-state index contributed by atoms with van der Waals surface area (Å²) in [7, 11) is 0. The number of nitrogens with one attached hydrogen (secondary N) is 1. The predicted molar refractivity (Wildman–Crippen MR) is 66.4 cm³/mol. The van der Waals surface area contributed by atoms with Crippen LogP contribution in [0.15, 0.2) is 12.4 Å². The molecule has 0 saturated carbocycles. The van der Waals surface area contributed by atoms with Crippen molar-refractivity contribution in [3.05, 3.63) is 17.4 Å². The van der Waals surface area contributed by atoms with Crippen molar-refractivity contribution in [3.8, 4) is 0 Å². The first-order chi connectivity index (χ1) is 7.34. The lowest BCUT2D eigenvalue weighted by Gasteiger charge is -2.35. The Labute approximate surface area is 106 Å². The Morgan fingerprint density at radius 1 is 1.19 bits per heavy atom. The summed E-state index contributed by atoms with van der Waals surface area (Å²) in [4.78, 5) is 10.9. The summed E-state index contributed by atoms with van der Waals surface area (Å²) in [6.07, 6.45) is 5.82. The molecule has 0 spiro atoms. The van der Waals surface area contributed by atoms with Gasteiger partial charge in [-0.25, -0.2) is 9.97 Å². The molecule has 1 N–H and O–H groups in total. The van der Waals surface area contributed by atoms with Gasteiger partial charge in [0.15, 0.2) is 0 Å². The third kappa shape index (κ3) is 1.97. The SMILES string of the molecule is Cl.Clc1cnc(N2[C@@H]3CC[C@H]2CNC3)nc1. The second-order valence-corrected chi connectivity index (χ2v) is 4.59. The van der Waals surface area contributed by atoms with E-state index in [1.54, 1.807) is 12.4 Å². The van der Waals surface area contributed by atoms with Gasteiger partial charge in [0.1, 0.15) is 0 Å². The Morgan fingerprint density at radius 3 is 2.31 bits per heavy atom. The van der Waals surface area contributed by atoms with Crippen LogP contribution in [-0.4, -0.2) is 35.1 Å². The number of piperazine rings is 1. The first kappa shape index (κ1) is 11.9. The summed E-state index contributed by atoms with van der Waals surface area (Å²) in [5.74, 6) is 0.827. The van der Waals surface area contributed by atoms with Crippen LogP contribution in [0.4, 0.5) is 5.95 Å². The number of anilines is 1. The highest BCUT2D eigenvalue weighted by Crippen LogP contribution is 2.29. The topological polar surface area (TPSA) is 41.1 Å². The van der Waals surface area contributed by atoms with Crippen molar-refractivity contribution in [1.29, 1.82) is 0 Å². The van der Waals surface area contributed by atoms with E-state index in [4.69, 9.17) is 11.6 Å². The molecule has 2 bridgehead atoms. The van der Waals surface area contributed by atoms with Gasteiger partial charge in [-0.1, -0.05) is 11.6 Å². The van der Waals surface area contributed by atoms with Gasteiger partial charge in [-0.2, -0.15) is 0 Å². The fourth-order valence-electron chi connectivity index (χ4n) is 2.54. The van der Waals surface area contributed by atoms with Crippen molar-refractivity contribution in [1.82, 2.24) is 15.3 Å². The fourth-order valence-corrected chi connectivity index (χ4v) is 2.64. The summed E-state index contributed by atoms with van der Waals surface area (Å²) >= 11 is 5.78. The van der Waals surface area contributed by atoms with E-state index in [9.17, 15) is 0 Å². The predicted octanol–water partition coefficient (Wildman–Crippen LogP) is 1.49. The molecule has 2 aliphatic heterocycles. The van der Waals surface area contributed by atoms with Crippen LogP contribution in [0.3, 0.4) is 0 Å². The van der Waals surface area contributed by atoms with Crippen LogP contribution in [0.5, 0.6) is 0 Å². The smallest absolute Gasteiger partial charge is 0.225 e. The van der Waals surface area contributed by atoms with Crippen molar-refractivity contribution in [2.24, 2.45) is 0 Å². The Balaban J connectivity index is 0.000000963. The zero-order chi connectivity index (χ0) is 10.3. The van der Waals surface area contributed by atoms with Crippen molar-refractivity contribution in [3.63, 3.8) is 0 Å². The summed E-state index contributed by atoms with van der Waals surface area (Å²) in [6.45, 7) is 2.09. The third-order valence-electron chi connectivity index (χ3n) is 3.22. The van der Waals surface area contributed by atoms with Gasteiger partial charge in [0.2, 0.25) is 5.95 Å². The molecule has 6 heteroatoms. The molecule has 1 aromatic heterocycles. The van der Waals surface area contributed by atoms with Gasteiger partial charge in [-0.15, -0.1) is 12.4 Å². The highest BCUT2D eigenvalue weighted by molar-refractivity contribution is 6.30. The molecular weight excluding hydrogens is 247 g/mol. The van der Waals surface area contributed by atoms with Crippen LogP contribution in [0.1, 0.15) is 12.8 Å². The standard InChI is InChI=1S/C10H13ClN4.ClH/c11-7-3-13-10(14-4-7)15-8-1-2-9(15)6-12-5-8;/h3-4,8-9,12H,1-2,5-6H2;1H/t8-,9+;. The Bertz CT molecular complexity index is 340. The molecule has 4 nitrogen and oxygen atoms in total. The molecular formula is C10H14Cl2N4. The van der Waals surface area contributed by atoms with Gasteiger partial charge in [0, 0.05) is 25.2 Å². The Kier molecular flexibility index (Phi) is 3.52. The maximum Gasteiger partial charge on any atom is 0.225 e. The normalized spacial score (nSPS) is 27.7. The van der Waals surface area contributed by atoms with E-state index in [1.807, 2.05) is 0 Å². The van der Waals surface area contributed by atoms with E-state index in [1.165, 1.54) is 12.8 Å². The molecule has 88 valence electrons. The second-order valence-electron chi connectivity index (χ2n) is 4.15. The summed E-state index contributed by atoms with van der Waals surface area (Å²) in [5, 5.41) is 4.03. The second kappa shape index (κ2) is 4.73. The molecule has 0 radical (unpaired) electrons. The summed E-state index contributed by atoms with van der Waals surface area (Å²) in [6, 6.07) is 1.12. The van der Waals surface area contributed by atoms with Gasteiger partial charge in [-0.05, 0) is 12.8 Å². The zero-order valence-corrected chi connectivity index (χ0v) is 10.3. The highest BCUT2D eigenvalue weighted by Gasteiger charge is 2.37. The lowest BCUT2D eigenvalue weighted by Crippen LogP contribution is -2.52. The third-order valence-corrected chi connectivity index (χ3v) is 3.41. The average molecular weight is 261 g/mol. The molecule has 0 aliphatic carbocycles. The first-order valence-corrected chi connectivity index (χ1v) is 5.69. The molecule has 2 atom stereocenters. The number of hydrogen-bond donors (Lipinski definition) is 1. The van der Waals surface area contributed by atoms with Crippen LogP contribution in [0.2, 0.25) is 5.02 Å². The molecule has 3 heterocycles. The van der Waals surface area contributed by atoms with Gasteiger partial charge in [0.05, 0.1) is 17.4 Å². The largest absolute Gasteiger partial charge is 0.332 e. The van der Waals surface area contributed by atoms with E-state index >= 15 is 0 Å². The van der Waals surface area contributed by atoms with Crippen LogP contribution < -0.4 is 10.2 Å². The molecule has 16 heavy (non-hydrogen) atoms. The van der Waals surface area contributed by atoms with E-state index < -0.39 is 0 Å². The number of aromatic nitrogens is 2. The minimum atomic E-state index is 0. The van der Waals surface area contributed by atoms with Gasteiger partial charge >= 0.3 is 0 Å². The van der Waals surface area contributed by atoms with Crippen molar-refractivity contribution in [2.45, 2.75) is 24.9 Å². The van der Waals surface area contributed by atoms with Crippen molar-refractivity contribution in [2.75, 3.05) is 18.0 Å². The first-order valence-electron chi connectivity index (χ1n) is 5.31. The minimum Gasteiger partial charge on any atom is -0.332 e. The van der Waals surface area contributed by atoms with Crippen LogP contribution in [0.25, 0.3) is 0 Å². The summed E-state index contributed by atoms with van der Waals surface area (Å²) < 4.78 is 0. The van der Waals surface area contributed by atoms with Gasteiger partial charge in [-0.3, -0.25) is 0 Å². The number of nitrogens with zero attached hydrogens (tertiary/aromatic N) is 3. The van der Waals surface area contributed by atoms with Gasteiger partial charge < -0.3 is 10.2 Å². The summed E-state index contributed by atoms with van der Waals surface area (Å²) in [5.41, 5.74) is 0. The molecule has 0 unspecified atom stereocenters. The zero-order valence-electron chi connectivity index (χ0n) is 8.77. The number of fused-ring (bicyclic) bond motifs is 2. The molecule has 2 fully saturated rings.